The molecule has 0 spiro atoms. The molecule has 0 saturated carbocycles. The Bertz CT molecular complexity index is 1220. The number of halogens is 4. The third kappa shape index (κ3) is 3.99. The quantitative estimate of drug-likeness (QED) is 0.339. The zero-order chi connectivity index (χ0) is 21.3. The Balaban J connectivity index is 1.74. The van der Waals surface area contributed by atoms with Crippen LogP contribution in [-0.2, 0) is 12.8 Å². The van der Waals surface area contributed by atoms with Crippen molar-refractivity contribution < 1.29 is 22.3 Å². The molecule has 0 saturated heterocycles. The number of pyridine rings is 1. The first-order valence-electron chi connectivity index (χ1n) is 9.26. The summed E-state index contributed by atoms with van der Waals surface area (Å²) in [6.45, 7) is 1.98. The molecule has 0 bridgehead atoms. The van der Waals surface area contributed by atoms with E-state index in [2.05, 4.69) is 4.98 Å². The summed E-state index contributed by atoms with van der Waals surface area (Å²) in [6, 6.07) is 17.3. The molecule has 6 heteroatoms. The van der Waals surface area contributed by atoms with E-state index in [1.807, 2.05) is 13.0 Å². The molecule has 4 aromatic rings. The van der Waals surface area contributed by atoms with Crippen molar-refractivity contribution in [2.24, 2.45) is 0 Å². The summed E-state index contributed by atoms with van der Waals surface area (Å²) in [5.74, 6) is 0.192. The summed E-state index contributed by atoms with van der Waals surface area (Å²) in [6.07, 6.45) is -3.04. The summed E-state index contributed by atoms with van der Waals surface area (Å²) in [5.41, 5.74) is 1.97. The third-order valence-electron chi connectivity index (χ3n) is 4.81. The van der Waals surface area contributed by atoms with E-state index in [4.69, 9.17) is 4.74 Å². The van der Waals surface area contributed by atoms with Crippen LogP contribution in [0.1, 0.15) is 16.7 Å². The molecular formula is C24H17F4NO. The SMILES string of the molecule is Cc1cnc2c(C(F)(F)F)cccc2c1-c1cccc(OCc2cccc(F)c2)c1. The monoisotopic (exact) mass is 411 g/mol. The minimum Gasteiger partial charge on any atom is -0.489 e. The molecule has 0 aliphatic rings. The van der Waals surface area contributed by atoms with E-state index in [0.29, 0.717) is 22.3 Å². The fourth-order valence-electron chi connectivity index (χ4n) is 3.47. The van der Waals surface area contributed by atoms with E-state index in [0.717, 1.165) is 17.2 Å². The highest BCUT2D eigenvalue weighted by molar-refractivity contribution is 5.97. The Morgan fingerprint density at radius 1 is 0.933 bits per heavy atom. The van der Waals surface area contributed by atoms with Crippen molar-refractivity contribution in [1.82, 2.24) is 4.98 Å². The van der Waals surface area contributed by atoms with Crippen molar-refractivity contribution in [2.75, 3.05) is 0 Å². The Hall–Kier alpha value is -3.41. The van der Waals surface area contributed by atoms with Gasteiger partial charge in [0.1, 0.15) is 18.2 Å². The van der Waals surface area contributed by atoms with E-state index >= 15 is 0 Å². The molecule has 0 atom stereocenters. The number of rotatable bonds is 4. The van der Waals surface area contributed by atoms with Crippen LogP contribution in [0, 0.1) is 12.7 Å². The molecule has 0 radical (unpaired) electrons. The highest BCUT2D eigenvalue weighted by Crippen LogP contribution is 2.38. The molecule has 4 rings (SSSR count). The van der Waals surface area contributed by atoms with Crippen molar-refractivity contribution >= 4 is 10.9 Å². The molecule has 2 nitrogen and oxygen atoms in total. The van der Waals surface area contributed by atoms with E-state index in [1.165, 1.54) is 24.4 Å². The molecular weight excluding hydrogens is 394 g/mol. The van der Waals surface area contributed by atoms with Crippen molar-refractivity contribution in [3.8, 4) is 16.9 Å². The first-order chi connectivity index (χ1) is 14.3. The van der Waals surface area contributed by atoms with Gasteiger partial charge in [-0.2, -0.15) is 13.2 Å². The Labute approximate surface area is 170 Å². The number of aromatic nitrogens is 1. The average molecular weight is 411 g/mol. The molecule has 0 aliphatic heterocycles. The Morgan fingerprint density at radius 3 is 2.47 bits per heavy atom. The number of hydrogen-bond acceptors (Lipinski definition) is 2. The lowest BCUT2D eigenvalue weighted by Gasteiger charge is -2.15. The van der Waals surface area contributed by atoms with E-state index < -0.39 is 11.7 Å². The number of fused-ring (bicyclic) bond motifs is 1. The molecule has 0 N–H and O–H groups in total. The largest absolute Gasteiger partial charge is 0.489 e. The van der Waals surface area contributed by atoms with Crippen LogP contribution in [-0.4, -0.2) is 4.98 Å². The number of hydrogen-bond donors (Lipinski definition) is 0. The lowest BCUT2D eigenvalue weighted by molar-refractivity contribution is -0.136. The normalized spacial score (nSPS) is 11.6. The minimum absolute atomic E-state index is 0.0864. The van der Waals surface area contributed by atoms with Crippen LogP contribution in [0.3, 0.4) is 0 Å². The van der Waals surface area contributed by atoms with Crippen LogP contribution in [0.15, 0.2) is 72.9 Å². The predicted octanol–water partition coefficient (Wildman–Crippen LogP) is 6.95. The summed E-state index contributed by atoms with van der Waals surface area (Å²) in [7, 11) is 0. The summed E-state index contributed by atoms with van der Waals surface area (Å²) >= 11 is 0. The summed E-state index contributed by atoms with van der Waals surface area (Å²) in [4.78, 5) is 4.05. The number of alkyl halides is 3. The van der Waals surface area contributed by atoms with Gasteiger partial charge in [0.25, 0.3) is 0 Å². The Kier molecular flexibility index (Phi) is 5.16. The fraction of sp³-hybridized carbons (Fsp3) is 0.125. The van der Waals surface area contributed by atoms with Crippen LogP contribution in [0.2, 0.25) is 0 Å². The van der Waals surface area contributed by atoms with E-state index in [1.54, 1.807) is 36.4 Å². The van der Waals surface area contributed by atoms with Gasteiger partial charge in [-0.25, -0.2) is 4.39 Å². The average Bonchev–Trinajstić information content (AvgIpc) is 2.71. The first kappa shape index (κ1) is 19.9. The molecule has 1 heterocycles. The van der Waals surface area contributed by atoms with Crippen LogP contribution in [0.4, 0.5) is 17.6 Å². The second kappa shape index (κ2) is 7.78. The van der Waals surface area contributed by atoms with Gasteiger partial charge in [-0.1, -0.05) is 36.4 Å². The van der Waals surface area contributed by atoms with Gasteiger partial charge in [0, 0.05) is 11.6 Å². The number of nitrogens with zero attached hydrogens (tertiary/aromatic N) is 1. The van der Waals surface area contributed by atoms with Gasteiger partial charge in [-0.15, -0.1) is 0 Å². The first-order valence-corrected chi connectivity index (χ1v) is 9.26. The molecule has 0 aliphatic carbocycles. The summed E-state index contributed by atoms with van der Waals surface area (Å²) in [5, 5.41) is 0.423. The van der Waals surface area contributed by atoms with Crippen molar-refractivity contribution in [1.29, 1.82) is 0 Å². The van der Waals surface area contributed by atoms with Gasteiger partial charge in [0.2, 0.25) is 0 Å². The minimum atomic E-state index is -4.49. The topological polar surface area (TPSA) is 22.1 Å². The zero-order valence-electron chi connectivity index (χ0n) is 16.0. The number of benzene rings is 3. The second-order valence-electron chi connectivity index (χ2n) is 6.96. The molecule has 0 fully saturated rings. The number of ether oxygens (including phenoxy) is 1. The van der Waals surface area contributed by atoms with Gasteiger partial charge < -0.3 is 4.74 Å². The molecule has 0 unspecified atom stereocenters. The Morgan fingerprint density at radius 2 is 1.70 bits per heavy atom. The molecule has 1 aromatic heterocycles. The van der Waals surface area contributed by atoms with Gasteiger partial charge in [-0.05, 0) is 59.5 Å². The number of aryl methyl sites for hydroxylation is 1. The molecule has 3 aromatic carbocycles. The van der Waals surface area contributed by atoms with Crippen LogP contribution in [0.5, 0.6) is 5.75 Å². The highest BCUT2D eigenvalue weighted by atomic mass is 19.4. The van der Waals surface area contributed by atoms with Crippen LogP contribution >= 0.6 is 0 Å². The van der Waals surface area contributed by atoms with Crippen molar-refractivity contribution in [3.05, 3.63) is 95.4 Å². The zero-order valence-corrected chi connectivity index (χ0v) is 16.0. The smallest absolute Gasteiger partial charge is 0.418 e. The number of para-hydroxylation sites is 1. The molecule has 30 heavy (non-hydrogen) atoms. The molecule has 152 valence electrons. The van der Waals surface area contributed by atoms with Gasteiger partial charge in [0.15, 0.2) is 0 Å². The maximum absolute atomic E-state index is 13.4. The molecule has 0 amide bonds. The van der Waals surface area contributed by atoms with Crippen LogP contribution in [0.25, 0.3) is 22.0 Å². The van der Waals surface area contributed by atoms with Crippen molar-refractivity contribution in [3.63, 3.8) is 0 Å². The lowest BCUT2D eigenvalue weighted by atomic mass is 9.95. The van der Waals surface area contributed by atoms with Crippen molar-refractivity contribution in [2.45, 2.75) is 19.7 Å². The predicted molar refractivity (Wildman–Crippen MR) is 108 cm³/mol. The van der Waals surface area contributed by atoms with Crippen LogP contribution < -0.4 is 4.74 Å². The third-order valence-corrected chi connectivity index (χ3v) is 4.81. The highest BCUT2D eigenvalue weighted by Gasteiger charge is 2.33. The lowest BCUT2D eigenvalue weighted by Crippen LogP contribution is -2.07. The maximum atomic E-state index is 13.4. The van der Waals surface area contributed by atoms with Gasteiger partial charge >= 0.3 is 6.18 Å². The second-order valence-corrected chi connectivity index (χ2v) is 6.96. The summed E-state index contributed by atoms with van der Waals surface area (Å²) < 4.78 is 59.4. The maximum Gasteiger partial charge on any atom is 0.418 e. The van der Waals surface area contributed by atoms with Gasteiger partial charge in [-0.3, -0.25) is 4.98 Å². The fourth-order valence-corrected chi connectivity index (χ4v) is 3.47. The van der Waals surface area contributed by atoms with Gasteiger partial charge in [0.05, 0.1) is 11.1 Å². The van der Waals surface area contributed by atoms with E-state index in [-0.39, 0.29) is 17.9 Å². The van der Waals surface area contributed by atoms with E-state index in [9.17, 15) is 17.6 Å². The standard InChI is InChI=1S/C24H17F4NO/c1-15-13-29-23-20(9-4-10-21(23)24(26,27)28)22(15)17-6-3-8-19(12-17)30-14-16-5-2-7-18(25)11-16/h2-13H,14H2,1H3.